The van der Waals surface area contributed by atoms with Crippen LogP contribution in [0.2, 0.25) is 0 Å². The van der Waals surface area contributed by atoms with E-state index < -0.39 is 10.0 Å². The van der Waals surface area contributed by atoms with E-state index in [4.69, 9.17) is 4.74 Å². The fourth-order valence-corrected chi connectivity index (χ4v) is 5.05. The van der Waals surface area contributed by atoms with E-state index in [2.05, 4.69) is 5.32 Å². The van der Waals surface area contributed by atoms with E-state index in [9.17, 15) is 13.2 Å². The molecule has 3 aromatic rings. The third-order valence-corrected chi connectivity index (χ3v) is 7.33. The largest absolute Gasteiger partial charge is 0.496 e. The number of nitrogens with zero attached hydrogens (tertiary/aromatic N) is 1. The van der Waals surface area contributed by atoms with Crippen molar-refractivity contribution in [3.8, 4) is 5.75 Å². The fourth-order valence-electron chi connectivity index (χ4n) is 3.56. The zero-order valence-electron chi connectivity index (χ0n) is 19.5. The van der Waals surface area contributed by atoms with Gasteiger partial charge < -0.3 is 10.1 Å². The third-order valence-electron chi connectivity index (χ3n) is 5.48. The van der Waals surface area contributed by atoms with E-state index in [1.807, 2.05) is 62.4 Å². The highest BCUT2D eigenvalue weighted by molar-refractivity contribution is 7.89. The molecule has 0 atom stereocenters. The first-order chi connectivity index (χ1) is 15.7. The summed E-state index contributed by atoms with van der Waals surface area (Å²) < 4.78 is 33.5. The lowest BCUT2D eigenvalue weighted by molar-refractivity contribution is -0.116. The van der Waals surface area contributed by atoms with Crippen LogP contribution in [0.25, 0.3) is 0 Å². The van der Waals surface area contributed by atoms with Gasteiger partial charge in [-0.05, 0) is 73.7 Å². The second-order valence-corrected chi connectivity index (χ2v) is 10.0. The Morgan fingerprint density at radius 3 is 2.33 bits per heavy atom. The third kappa shape index (κ3) is 6.21. The van der Waals surface area contributed by atoms with Crippen LogP contribution in [0.5, 0.6) is 5.75 Å². The number of ether oxygens (including phenoxy) is 1. The maximum absolute atomic E-state index is 13.5. The van der Waals surface area contributed by atoms with Crippen molar-refractivity contribution >= 4 is 21.6 Å². The van der Waals surface area contributed by atoms with Crippen molar-refractivity contribution in [2.24, 2.45) is 0 Å². The van der Waals surface area contributed by atoms with Gasteiger partial charge in [-0.1, -0.05) is 42.5 Å². The molecule has 0 unspecified atom stereocenters. The van der Waals surface area contributed by atoms with Gasteiger partial charge >= 0.3 is 0 Å². The van der Waals surface area contributed by atoms with Crippen LogP contribution in [0.4, 0.5) is 5.69 Å². The first kappa shape index (κ1) is 24.5. The minimum atomic E-state index is -3.91. The number of sulfonamides is 1. The molecule has 6 nitrogen and oxygen atoms in total. The predicted molar refractivity (Wildman–Crippen MR) is 131 cm³/mol. The molecule has 0 aliphatic rings. The Morgan fingerprint density at radius 2 is 1.67 bits per heavy atom. The van der Waals surface area contributed by atoms with Gasteiger partial charge in [-0.15, -0.1) is 0 Å². The molecule has 0 saturated heterocycles. The van der Waals surface area contributed by atoms with Gasteiger partial charge in [-0.2, -0.15) is 4.31 Å². The van der Waals surface area contributed by atoms with E-state index in [1.165, 1.54) is 10.4 Å². The van der Waals surface area contributed by atoms with Crippen LogP contribution in [-0.2, 0) is 21.2 Å². The van der Waals surface area contributed by atoms with Gasteiger partial charge in [0.2, 0.25) is 15.9 Å². The quantitative estimate of drug-likeness (QED) is 0.504. The summed E-state index contributed by atoms with van der Waals surface area (Å²) in [5.41, 5.74) is 4.32. The van der Waals surface area contributed by atoms with Crippen molar-refractivity contribution < 1.29 is 17.9 Å². The van der Waals surface area contributed by atoms with Gasteiger partial charge in [0, 0.05) is 12.2 Å². The Hall–Kier alpha value is -3.16. The number of hydrogen-bond acceptors (Lipinski definition) is 4. The van der Waals surface area contributed by atoms with E-state index in [-0.39, 0.29) is 23.9 Å². The van der Waals surface area contributed by atoms with Gasteiger partial charge in [-0.3, -0.25) is 4.79 Å². The maximum atomic E-state index is 13.5. The Balaban J connectivity index is 1.87. The summed E-state index contributed by atoms with van der Waals surface area (Å²) in [5.74, 6) is 0.225. The smallest absolute Gasteiger partial charge is 0.243 e. The molecule has 0 aromatic heterocycles. The second-order valence-electron chi connectivity index (χ2n) is 8.07. The average molecular weight is 467 g/mol. The molecule has 33 heavy (non-hydrogen) atoms. The number of amides is 1. The minimum Gasteiger partial charge on any atom is -0.496 e. The molecule has 1 N–H and O–H groups in total. The summed E-state index contributed by atoms with van der Waals surface area (Å²) in [6.45, 7) is 5.53. The van der Waals surface area contributed by atoms with Crippen molar-refractivity contribution in [2.45, 2.75) is 32.1 Å². The second kappa shape index (κ2) is 10.6. The highest BCUT2D eigenvalue weighted by Gasteiger charge is 2.27. The van der Waals surface area contributed by atoms with E-state index in [0.717, 1.165) is 16.7 Å². The van der Waals surface area contributed by atoms with E-state index in [0.29, 0.717) is 23.4 Å². The number of benzene rings is 3. The number of nitrogens with one attached hydrogen (secondary N) is 1. The lowest BCUT2D eigenvalue weighted by Gasteiger charge is -2.23. The zero-order valence-corrected chi connectivity index (χ0v) is 20.3. The molecule has 7 heteroatoms. The monoisotopic (exact) mass is 466 g/mol. The topological polar surface area (TPSA) is 75.7 Å². The van der Waals surface area contributed by atoms with Crippen LogP contribution in [0, 0.1) is 20.8 Å². The first-order valence-electron chi connectivity index (χ1n) is 10.8. The summed E-state index contributed by atoms with van der Waals surface area (Å²) in [6.07, 6.45) is 0.492. The molecule has 0 saturated carbocycles. The normalized spacial score (nSPS) is 11.4. The Morgan fingerprint density at radius 1 is 0.939 bits per heavy atom. The summed E-state index contributed by atoms with van der Waals surface area (Å²) in [5, 5.41) is 2.87. The van der Waals surface area contributed by atoms with Crippen LogP contribution in [0.1, 0.15) is 22.3 Å². The minimum absolute atomic E-state index is 0.133. The summed E-state index contributed by atoms with van der Waals surface area (Å²) in [6, 6.07) is 20.1. The van der Waals surface area contributed by atoms with Crippen molar-refractivity contribution in [3.63, 3.8) is 0 Å². The Bertz CT molecular complexity index is 1220. The molecule has 0 aliphatic carbocycles. The number of carbonyl (C=O) groups is 1. The lowest BCUT2D eigenvalue weighted by atomic mass is 10.1. The van der Waals surface area contributed by atoms with Crippen LogP contribution >= 0.6 is 0 Å². The number of carbonyl (C=O) groups excluding carboxylic acids is 1. The molecule has 0 radical (unpaired) electrons. The molecule has 3 aromatic carbocycles. The van der Waals surface area contributed by atoms with Crippen molar-refractivity contribution in [2.75, 3.05) is 25.5 Å². The summed E-state index contributed by atoms with van der Waals surface area (Å²) >= 11 is 0. The highest BCUT2D eigenvalue weighted by atomic mass is 32.2. The van der Waals surface area contributed by atoms with Crippen LogP contribution in [0.3, 0.4) is 0 Å². The van der Waals surface area contributed by atoms with Gasteiger partial charge in [0.1, 0.15) is 5.75 Å². The Kier molecular flexibility index (Phi) is 7.89. The molecule has 0 fully saturated rings. The predicted octanol–water partition coefficient (Wildman–Crippen LogP) is 4.49. The molecular weight excluding hydrogens is 436 g/mol. The van der Waals surface area contributed by atoms with Crippen LogP contribution in [0.15, 0.2) is 71.6 Å². The fraction of sp³-hybridized carbons (Fsp3) is 0.269. The Labute approximate surface area is 196 Å². The number of rotatable bonds is 9. The summed E-state index contributed by atoms with van der Waals surface area (Å²) in [7, 11) is -2.37. The van der Waals surface area contributed by atoms with E-state index >= 15 is 0 Å². The number of methoxy groups -OCH3 is 1. The van der Waals surface area contributed by atoms with Crippen LogP contribution in [-0.4, -0.2) is 38.8 Å². The van der Waals surface area contributed by atoms with Crippen molar-refractivity contribution in [1.29, 1.82) is 0 Å². The molecule has 3 rings (SSSR count). The number of aryl methyl sites for hydroxylation is 3. The molecule has 0 bridgehead atoms. The standard InChI is InChI=1S/C26H30N2O4S/c1-19-10-11-20(2)24(16-19)27-26(29)18-28(15-14-22-8-6-5-7-9-22)33(30,31)23-12-13-25(32-4)21(3)17-23/h5-13,16-17H,14-15,18H2,1-4H3,(H,27,29). The van der Waals surface area contributed by atoms with Crippen molar-refractivity contribution in [3.05, 3.63) is 89.0 Å². The summed E-state index contributed by atoms with van der Waals surface area (Å²) in [4.78, 5) is 13.0. The van der Waals surface area contributed by atoms with Crippen molar-refractivity contribution in [1.82, 2.24) is 4.31 Å². The molecule has 0 heterocycles. The molecule has 1 amide bonds. The SMILES string of the molecule is COc1ccc(S(=O)(=O)N(CCc2ccccc2)CC(=O)Nc2cc(C)ccc2C)cc1C. The maximum Gasteiger partial charge on any atom is 0.243 e. The van der Waals surface area contributed by atoms with E-state index in [1.54, 1.807) is 26.2 Å². The molecule has 0 aliphatic heterocycles. The molecule has 174 valence electrons. The molecule has 0 spiro atoms. The van der Waals surface area contributed by atoms with Gasteiger partial charge in [0.15, 0.2) is 0 Å². The number of anilines is 1. The number of hydrogen-bond donors (Lipinski definition) is 1. The van der Waals surface area contributed by atoms with Crippen LogP contribution < -0.4 is 10.1 Å². The first-order valence-corrected chi connectivity index (χ1v) is 12.2. The highest BCUT2D eigenvalue weighted by Crippen LogP contribution is 2.24. The average Bonchev–Trinajstić information content (AvgIpc) is 2.79. The van der Waals surface area contributed by atoms with Gasteiger partial charge in [0.05, 0.1) is 18.6 Å². The van der Waals surface area contributed by atoms with Gasteiger partial charge in [-0.25, -0.2) is 8.42 Å². The lowest BCUT2D eigenvalue weighted by Crippen LogP contribution is -2.39. The zero-order chi connectivity index (χ0) is 24.0. The van der Waals surface area contributed by atoms with Gasteiger partial charge in [0.25, 0.3) is 0 Å². The molecular formula is C26H30N2O4S.